The lowest BCUT2D eigenvalue weighted by atomic mass is 9.72. The highest BCUT2D eigenvalue weighted by molar-refractivity contribution is 5.95. The number of benzene rings is 6. The zero-order valence-electron chi connectivity index (χ0n) is 55.4. The Morgan fingerprint density at radius 2 is 1.29 bits per heavy atom. The first-order valence-corrected chi connectivity index (χ1v) is 32.9. The molecule has 5 amide bonds. The van der Waals surface area contributed by atoms with Crippen molar-refractivity contribution in [3.05, 3.63) is 190 Å². The summed E-state index contributed by atoms with van der Waals surface area (Å²) in [5.41, 5.74) is 1.14. The number of carbonyl (C=O) groups is 5. The van der Waals surface area contributed by atoms with Crippen LogP contribution in [0.15, 0.2) is 146 Å². The topological polar surface area (TPSA) is 165 Å². The van der Waals surface area contributed by atoms with Crippen LogP contribution in [0.1, 0.15) is 113 Å². The molecule has 0 saturated carbocycles. The van der Waals surface area contributed by atoms with Crippen molar-refractivity contribution >= 4 is 78.3 Å². The average molecular weight is 1440 g/mol. The number of anilines is 2. The summed E-state index contributed by atoms with van der Waals surface area (Å²) < 4.78 is 115. The molecule has 3 fully saturated rings. The van der Waals surface area contributed by atoms with Gasteiger partial charge in [-0.2, -0.15) is 26.3 Å². The smallest absolute Gasteiger partial charge is 0.416 e. The molecule has 16 nitrogen and oxygen atoms in total. The van der Waals surface area contributed by atoms with Crippen LogP contribution >= 0.6 is 37.2 Å². The summed E-state index contributed by atoms with van der Waals surface area (Å²) in [5, 5.41) is 9.27. The second-order valence-corrected chi connectivity index (χ2v) is 25.5. The maximum Gasteiger partial charge on any atom is 0.416 e. The van der Waals surface area contributed by atoms with Crippen molar-refractivity contribution in [3.63, 3.8) is 0 Å². The Balaban J connectivity index is 0.00000459. The largest absolute Gasteiger partial charge is 0.446 e. The van der Waals surface area contributed by atoms with E-state index in [1.807, 2.05) is 85.9 Å². The number of fused-ring (bicyclic) bond motifs is 2. The Bertz CT molecular complexity index is 3610. The van der Waals surface area contributed by atoms with Gasteiger partial charge in [-0.15, -0.1) is 37.2 Å². The predicted octanol–water partition coefficient (Wildman–Crippen LogP) is 13.9. The Kier molecular flexibility index (Phi) is 28.4. The third-order valence-corrected chi connectivity index (χ3v) is 19.2. The second kappa shape index (κ2) is 35.7. The van der Waals surface area contributed by atoms with Crippen LogP contribution in [-0.4, -0.2) is 166 Å². The summed E-state index contributed by atoms with van der Waals surface area (Å²) >= 11 is 0. The number of alkyl halides is 6. The van der Waals surface area contributed by atoms with Gasteiger partial charge in [-0.1, -0.05) is 91.3 Å². The number of para-hydroxylation sites is 1. The number of halogens is 10. The summed E-state index contributed by atoms with van der Waals surface area (Å²) in [6, 6.07) is 39.2. The first-order valence-electron chi connectivity index (χ1n) is 32.9. The molecule has 0 bridgehead atoms. The lowest BCUT2D eigenvalue weighted by Gasteiger charge is -2.44. The van der Waals surface area contributed by atoms with E-state index in [-0.39, 0.29) is 92.8 Å². The molecular formula is C73H86Cl3F7N8O8. The SMILES string of the molecule is CN(CCN1CCC(OC(=O)Nc2ccccc2-c2ccccc2)CC1)C(=O)CCCCCNc1ccc(C(=O)NCCCN(C)C(=O)CO[C@H]2Cc3ccccc3C23CCN(CC[C@@]2(c4ccc(F)cc4)CN(C(=O)c4cc(C(F)(F)F)cc(C(F)(F)F)c4)CO2)CC3)cc1.Cl.Cl.Cl. The van der Waals surface area contributed by atoms with Gasteiger partial charge in [0.25, 0.3) is 11.8 Å². The minimum atomic E-state index is -5.15. The average Bonchev–Trinajstić information content (AvgIpc) is 1.60. The quantitative estimate of drug-likeness (QED) is 0.0350. The molecule has 0 radical (unpaired) electrons. The molecule has 3 saturated heterocycles. The van der Waals surface area contributed by atoms with Gasteiger partial charge in [-0.05, 0) is 154 Å². The molecule has 0 aromatic heterocycles. The van der Waals surface area contributed by atoms with Gasteiger partial charge in [0, 0.05) is 101 Å². The molecule has 1 aliphatic carbocycles. The lowest BCUT2D eigenvalue weighted by molar-refractivity contribution is -0.143. The molecule has 2 atom stereocenters. The number of unbranched alkanes of at least 4 members (excludes halogenated alkanes) is 2. The van der Waals surface area contributed by atoms with E-state index in [0.717, 1.165) is 84.6 Å². The van der Waals surface area contributed by atoms with Gasteiger partial charge in [-0.3, -0.25) is 24.5 Å². The van der Waals surface area contributed by atoms with E-state index >= 15 is 0 Å². The Morgan fingerprint density at radius 3 is 1.98 bits per heavy atom. The molecular weight excluding hydrogens is 1360 g/mol. The molecule has 6 aromatic rings. The summed E-state index contributed by atoms with van der Waals surface area (Å²) in [7, 11) is 3.55. The van der Waals surface area contributed by atoms with Crippen LogP contribution in [-0.2, 0) is 53.6 Å². The number of amides is 5. The number of piperidine rings is 2. The monoisotopic (exact) mass is 1440 g/mol. The van der Waals surface area contributed by atoms with E-state index in [0.29, 0.717) is 107 Å². The number of likely N-dealkylation sites (N-methyl/N-ethyl adjacent to an activating group) is 2. The maximum atomic E-state index is 14.2. The van der Waals surface area contributed by atoms with E-state index < -0.39 is 64.6 Å². The third kappa shape index (κ3) is 20.6. The molecule has 26 heteroatoms. The van der Waals surface area contributed by atoms with Gasteiger partial charge in [0.2, 0.25) is 11.8 Å². The van der Waals surface area contributed by atoms with Gasteiger partial charge in [0.05, 0.1) is 29.5 Å². The highest BCUT2D eigenvalue weighted by atomic mass is 35.5. The Hall–Kier alpha value is -7.51. The van der Waals surface area contributed by atoms with E-state index in [4.69, 9.17) is 14.2 Å². The number of rotatable bonds is 26. The number of carbonyl (C=O) groups excluding carboxylic acids is 5. The minimum Gasteiger partial charge on any atom is -0.446 e. The Labute approximate surface area is 591 Å². The molecule has 1 spiro atoms. The molecule has 3 aliphatic heterocycles. The van der Waals surface area contributed by atoms with E-state index in [9.17, 15) is 54.7 Å². The first-order chi connectivity index (χ1) is 46.1. The summed E-state index contributed by atoms with van der Waals surface area (Å²) in [4.78, 5) is 75.2. The Morgan fingerprint density at radius 1 is 0.657 bits per heavy atom. The number of nitrogens with one attached hydrogen (secondary N) is 3. The van der Waals surface area contributed by atoms with Crippen molar-refractivity contribution < 1.29 is 68.9 Å². The molecule has 10 rings (SSSR count). The summed E-state index contributed by atoms with van der Waals surface area (Å²) in [6.07, 6.45) is -4.05. The van der Waals surface area contributed by atoms with Gasteiger partial charge < -0.3 is 49.3 Å². The third-order valence-electron chi connectivity index (χ3n) is 19.2. The highest BCUT2D eigenvalue weighted by Crippen LogP contribution is 2.48. The van der Waals surface area contributed by atoms with E-state index in [2.05, 4.69) is 37.9 Å². The van der Waals surface area contributed by atoms with Crippen molar-refractivity contribution in [1.29, 1.82) is 0 Å². The van der Waals surface area contributed by atoms with Crippen molar-refractivity contribution in [1.82, 2.24) is 29.8 Å². The second-order valence-electron chi connectivity index (χ2n) is 25.5. The van der Waals surface area contributed by atoms with Crippen LogP contribution in [0.4, 0.5) is 46.9 Å². The normalized spacial score (nSPS) is 17.7. The number of nitrogens with zero attached hydrogens (tertiary/aromatic N) is 5. The van der Waals surface area contributed by atoms with Crippen LogP contribution < -0.4 is 16.0 Å². The maximum absolute atomic E-state index is 14.2. The summed E-state index contributed by atoms with van der Waals surface area (Å²) in [6.45, 7) is 5.23. The van der Waals surface area contributed by atoms with Crippen molar-refractivity contribution in [2.45, 2.75) is 106 Å². The van der Waals surface area contributed by atoms with E-state index in [1.54, 1.807) is 29.0 Å². The number of hydrogen-bond acceptors (Lipinski definition) is 11. The number of hydrogen-bond donors (Lipinski definition) is 3. The minimum absolute atomic E-state index is 0. The zero-order valence-corrected chi connectivity index (χ0v) is 57.8. The zero-order chi connectivity index (χ0) is 68.0. The van der Waals surface area contributed by atoms with Gasteiger partial charge in [-0.25, -0.2) is 9.18 Å². The fourth-order valence-electron chi connectivity index (χ4n) is 13.5. The number of ether oxygens (including phenoxy) is 3. The molecule has 6 aromatic carbocycles. The standard InChI is InChI=1S/C73H83F7N8O8.3ClH/c1-84(36-13-35-82-67(91)52-21-27-59(28-22-52)81-34-12-4-7-20-65(89)85(2)42-43-86-37-29-60(30-38-86)96-69(93)83-63-19-11-9-17-61(63)51-14-5-3-6-15-51)66(90)48-94-64-46-53-16-8-10-18-62(53)70(64)31-39-87(40-32-70)41-33-71(55-23-25-58(74)26-24-55)49-88(50-95-71)68(92)54-44-56(72(75,76)77)47-57(45-54)73(78,79)80;;;/h3,5-6,8-11,14-19,21-28,44-45,47,60,64,81H,4,7,12-13,20,29-43,46,48-50H2,1-2H3,(H,82,91)(H,83,93);3*1H/t64-,71-;;;/m0.../s1. The lowest BCUT2D eigenvalue weighted by Crippen LogP contribution is -2.50. The molecule has 99 heavy (non-hydrogen) atoms. The van der Waals surface area contributed by atoms with Crippen molar-refractivity contribution in [2.24, 2.45) is 0 Å². The van der Waals surface area contributed by atoms with Crippen LogP contribution in [0.2, 0.25) is 0 Å². The van der Waals surface area contributed by atoms with Crippen molar-refractivity contribution in [2.75, 3.05) is 110 Å². The molecule has 3 heterocycles. The fraction of sp³-hybridized carbons (Fsp3) is 0.438. The molecule has 4 aliphatic rings. The van der Waals surface area contributed by atoms with Crippen molar-refractivity contribution in [3.8, 4) is 11.1 Å². The van der Waals surface area contributed by atoms with Gasteiger partial charge in [0.15, 0.2) is 0 Å². The van der Waals surface area contributed by atoms with Gasteiger partial charge in [0.1, 0.15) is 30.9 Å². The first kappa shape index (κ1) is 78.8. The van der Waals surface area contributed by atoms with E-state index in [1.165, 1.54) is 24.3 Å². The highest BCUT2D eigenvalue weighted by Gasteiger charge is 2.50. The molecule has 3 N–H and O–H groups in total. The molecule has 0 unspecified atom stereocenters. The van der Waals surface area contributed by atoms with Gasteiger partial charge >= 0.3 is 18.4 Å². The number of likely N-dealkylation sites (tertiary alicyclic amines) is 2. The summed E-state index contributed by atoms with van der Waals surface area (Å²) in [5.74, 6) is -1.92. The molecule has 536 valence electrons. The van der Waals surface area contributed by atoms with Crippen LogP contribution in [0.5, 0.6) is 0 Å². The predicted molar refractivity (Wildman–Crippen MR) is 372 cm³/mol. The van der Waals surface area contributed by atoms with Crippen LogP contribution in [0.25, 0.3) is 11.1 Å². The van der Waals surface area contributed by atoms with Crippen LogP contribution in [0.3, 0.4) is 0 Å². The fourth-order valence-corrected chi connectivity index (χ4v) is 13.5. The van der Waals surface area contributed by atoms with Crippen LogP contribution in [0, 0.1) is 5.82 Å².